The molecular formula is C18H17N3O4S. The van der Waals surface area contributed by atoms with Crippen LogP contribution in [0.2, 0.25) is 0 Å². The zero-order valence-corrected chi connectivity index (χ0v) is 15.1. The van der Waals surface area contributed by atoms with Gasteiger partial charge < -0.3 is 4.42 Å². The van der Waals surface area contributed by atoms with Gasteiger partial charge in [-0.2, -0.15) is 0 Å². The van der Waals surface area contributed by atoms with Crippen LogP contribution in [0.3, 0.4) is 0 Å². The van der Waals surface area contributed by atoms with E-state index in [4.69, 9.17) is 4.42 Å². The van der Waals surface area contributed by atoms with Gasteiger partial charge in [-0.3, -0.25) is 10.1 Å². The standard InChI is InChI=1S/C18H17N3O4S/c1-12-3-7-14(8-4-12)17-20-21-18(25-17)19-16(22)11-13-5-9-15(10-6-13)26(2,23)24/h3-10H,11H2,1-2H3,(H,19,21,22). The van der Waals surface area contributed by atoms with Gasteiger partial charge in [0.2, 0.25) is 11.8 Å². The van der Waals surface area contributed by atoms with Crippen LogP contribution in [0.25, 0.3) is 11.5 Å². The number of hydrogen-bond donors (Lipinski definition) is 1. The number of aromatic nitrogens is 2. The zero-order chi connectivity index (χ0) is 18.7. The van der Waals surface area contributed by atoms with Gasteiger partial charge in [-0.05, 0) is 36.8 Å². The molecule has 0 spiro atoms. The van der Waals surface area contributed by atoms with E-state index in [9.17, 15) is 13.2 Å². The Kier molecular flexibility index (Phi) is 4.85. The molecule has 8 heteroatoms. The second-order valence-corrected chi connectivity index (χ2v) is 7.94. The molecular weight excluding hydrogens is 354 g/mol. The average molecular weight is 371 g/mol. The molecule has 0 saturated carbocycles. The van der Waals surface area contributed by atoms with Gasteiger partial charge in [0.1, 0.15) is 0 Å². The number of carbonyl (C=O) groups is 1. The van der Waals surface area contributed by atoms with Crippen LogP contribution in [0.15, 0.2) is 57.8 Å². The number of carbonyl (C=O) groups excluding carboxylic acids is 1. The van der Waals surface area contributed by atoms with Gasteiger partial charge in [0.25, 0.3) is 0 Å². The van der Waals surface area contributed by atoms with Gasteiger partial charge >= 0.3 is 6.01 Å². The molecule has 0 radical (unpaired) electrons. The Morgan fingerprint density at radius 3 is 2.31 bits per heavy atom. The van der Waals surface area contributed by atoms with Crippen LogP contribution in [-0.4, -0.2) is 30.8 Å². The van der Waals surface area contributed by atoms with Crippen molar-refractivity contribution in [3.05, 3.63) is 59.7 Å². The molecule has 1 amide bonds. The molecule has 0 atom stereocenters. The highest BCUT2D eigenvalue weighted by atomic mass is 32.2. The minimum atomic E-state index is -3.26. The number of rotatable bonds is 5. The summed E-state index contributed by atoms with van der Waals surface area (Å²) in [6.45, 7) is 1.98. The lowest BCUT2D eigenvalue weighted by molar-refractivity contribution is -0.115. The van der Waals surface area contributed by atoms with Gasteiger partial charge in [-0.1, -0.05) is 34.9 Å². The Balaban J connectivity index is 1.64. The third kappa shape index (κ3) is 4.34. The number of aryl methyl sites for hydroxylation is 1. The van der Waals surface area contributed by atoms with Crippen LogP contribution in [0, 0.1) is 6.92 Å². The number of hydrogen-bond acceptors (Lipinski definition) is 6. The lowest BCUT2D eigenvalue weighted by atomic mass is 10.1. The second-order valence-electron chi connectivity index (χ2n) is 5.92. The maximum Gasteiger partial charge on any atom is 0.322 e. The second kappa shape index (κ2) is 7.09. The Morgan fingerprint density at radius 2 is 1.69 bits per heavy atom. The van der Waals surface area contributed by atoms with Crippen LogP contribution in [0.4, 0.5) is 6.01 Å². The zero-order valence-electron chi connectivity index (χ0n) is 14.3. The third-order valence-electron chi connectivity index (χ3n) is 3.69. The number of anilines is 1. The van der Waals surface area contributed by atoms with Crippen molar-refractivity contribution in [2.45, 2.75) is 18.2 Å². The van der Waals surface area contributed by atoms with Crippen LogP contribution >= 0.6 is 0 Å². The van der Waals surface area contributed by atoms with Crippen LogP contribution in [-0.2, 0) is 21.1 Å². The van der Waals surface area contributed by atoms with E-state index in [-0.39, 0.29) is 23.2 Å². The van der Waals surface area contributed by atoms with Crippen molar-refractivity contribution in [1.29, 1.82) is 0 Å². The van der Waals surface area contributed by atoms with Crippen molar-refractivity contribution in [2.75, 3.05) is 11.6 Å². The minimum absolute atomic E-state index is 0.0123. The van der Waals surface area contributed by atoms with E-state index in [1.54, 1.807) is 12.1 Å². The molecule has 1 N–H and O–H groups in total. The van der Waals surface area contributed by atoms with Crippen molar-refractivity contribution in [3.8, 4) is 11.5 Å². The quantitative estimate of drug-likeness (QED) is 0.740. The summed E-state index contributed by atoms with van der Waals surface area (Å²) in [7, 11) is -3.26. The Labute approximate surface area is 151 Å². The molecule has 0 unspecified atom stereocenters. The van der Waals surface area contributed by atoms with Crippen molar-refractivity contribution in [3.63, 3.8) is 0 Å². The summed E-state index contributed by atoms with van der Waals surface area (Å²) in [4.78, 5) is 12.3. The van der Waals surface area contributed by atoms with E-state index < -0.39 is 9.84 Å². The maximum atomic E-state index is 12.1. The molecule has 0 bridgehead atoms. The molecule has 26 heavy (non-hydrogen) atoms. The largest absolute Gasteiger partial charge is 0.403 e. The van der Waals surface area contributed by atoms with Crippen LogP contribution < -0.4 is 5.32 Å². The van der Waals surface area contributed by atoms with Gasteiger partial charge in [-0.25, -0.2) is 8.42 Å². The first-order valence-electron chi connectivity index (χ1n) is 7.81. The first-order valence-corrected chi connectivity index (χ1v) is 9.70. The molecule has 0 saturated heterocycles. The SMILES string of the molecule is Cc1ccc(-c2nnc(NC(=O)Cc3ccc(S(C)(=O)=O)cc3)o2)cc1. The van der Waals surface area contributed by atoms with Gasteiger partial charge in [0.15, 0.2) is 9.84 Å². The van der Waals surface area contributed by atoms with E-state index in [1.807, 2.05) is 31.2 Å². The van der Waals surface area contributed by atoms with Crippen molar-refractivity contribution in [2.24, 2.45) is 0 Å². The summed E-state index contributed by atoms with van der Waals surface area (Å²) in [5, 5.41) is 10.3. The molecule has 7 nitrogen and oxygen atoms in total. The first kappa shape index (κ1) is 17.8. The van der Waals surface area contributed by atoms with Crippen LogP contribution in [0.1, 0.15) is 11.1 Å². The smallest absolute Gasteiger partial charge is 0.322 e. The van der Waals surface area contributed by atoms with Gasteiger partial charge in [-0.15, -0.1) is 5.10 Å². The molecule has 0 aliphatic heterocycles. The van der Waals surface area contributed by atoms with Crippen molar-refractivity contribution in [1.82, 2.24) is 10.2 Å². The summed E-state index contributed by atoms with van der Waals surface area (Å²) in [5.74, 6) is -0.0194. The predicted octanol–water partition coefficient (Wildman–Crippen LogP) is 2.63. The number of sulfone groups is 1. The molecule has 2 aromatic carbocycles. The van der Waals surface area contributed by atoms with Crippen LogP contribution in [0.5, 0.6) is 0 Å². The summed E-state index contributed by atoms with van der Waals surface area (Å²) in [5.41, 5.74) is 2.55. The molecule has 0 aliphatic rings. The highest BCUT2D eigenvalue weighted by Gasteiger charge is 2.12. The summed E-state index contributed by atoms with van der Waals surface area (Å²) in [6, 6.07) is 13.7. The molecule has 1 aromatic heterocycles. The Bertz CT molecular complexity index is 1020. The monoisotopic (exact) mass is 371 g/mol. The number of benzene rings is 2. The lowest BCUT2D eigenvalue weighted by Crippen LogP contribution is -2.14. The minimum Gasteiger partial charge on any atom is -0.403 e. The average Bonchev–Trinajstić information content (AvgIpc) is 3.03. The fourth-order valence-corrected chi connectivity index (χ4v) is 2.92. The molecule has 3 aromatic rings. The summed E-state index contributed by atoms with van der Waals surface area (Å²) >= 11 is 0. The normalized spacial score (nSPS) is 11.3. The molecule has 134 valence electrons. The van der Waals surface area contributed by atoms with Gasteiger partial charge in [0, 0.05) is 11.8 Å². The topological polar surface area (TPSA) is 102 Å². The van der Waals surface area contributed by atoms with Gasteiger partial charge in [0.05, 0.1) is 11.3 Å². The molecule has 0 aliphatic carbocycles. The Morgan fingerprint density at radius 1 is 1.04 bits per heavy atom. The fraction of sp³-hybridized carbons (Fsp3) is 0.167. The molecule has 0 fully saturated rings. The highest BCUT2D eigenvalue weighted by molar-refractivity contribution is 7.90. The first-order chi connectivity index (χ1) is 12.3. The van der Waals surface area contributed by atoms with Crippen molar-refractivity contribution >= 4 is 21.8 Å². The van der Waals surface area contributed by atoms with E-state index >= 15 is 0 Å². The predicted molar refractivity (Wildman–Crippen MR) is 96.4 cm³/mol. The fourth-order valence-electron chi connectivity index (χ4n) is 2.29. The summed E-state index contributed by atoms with van der Waals surface area (Å²) in [6.07, 6.45) is 1.20. The number of nitrogens with zero attached hydrogens (tertiary/aromatic N) is 2. The maximum absolute atomic E-state index is 12.1. The van der Waals surface area contributed by atoms with E-state index in [0.717, 1.165) is 17.4 Å². The van der Waals surface area contributed by atoms with E-state index in [1.165, 1.54) is 12.1 Å². The number of amides is 1. The number of nitrogens with one attached hydrogen (secondary N) is 1. The summed E-state index contributed by atoms with van der Waals surface area (Å²) < 4.78 is 28.3. The lowest BCUT2D eigenvalue weighted by Gasteiger charge is -2.03. The molecule has 3 rings (SSSR count). The van der Waals surface area contributed by atoms with E-state index in [0.29, 0.717) is 11.5 Å². The Hall–Kier alpha value is -3.00. The van der Waals surface area contributed by atoms with Crippen molar-refractivity contribution < 1.29 is 17.6 Å². The van der Waals surface area contributed by atoms with E-state index in [2.05, 4.69) is 15.5 Å². The molecule has 1 heterocycles. The third-order valence-corrected chi connectivity index (χ3v) is 4.81. The highest BCUT2D eigenvalue weighted by Crippen LogP contribution is 2.20.